The summed E-state index contributed by atoms with van der Waals surface area (Å²) in [6.07, 6.45) is 0. The van der Waals surface area contributed by atoms with Crippen molar-refractivity contribution in [3.63, 3.8) is 0 Å². The third-order valence-electron chi connectivity index (χ3n) is 2.87. The van der Waals surface area contributed by atoms with Gasteiger partial charge in [-0.3, -0.25) is 14.5 Å². The molecule has 0 bridgehead atoms. The third kappa shape index (κ3) is 1.59. The first-order valence-corrected chi connectivity index (χ1v) is 5.58. The van der Waals surface area contributed by atoms with Crippen LogP contribution in [0.15, 0.2) is 18.2 Å². The van der Waals surface area contributed by atoms with Gasteiger partial charge in [0.25, 0.3) is 11.8 Å². The second-order valence-corrected chi connectivity index (χ2v) is 4.29. The van der Waals surface area contributed by atoms with Crippen LogP contribution in [0.5, 0.6) is 0 Å². The zero-order valence-electron chi connectivity index (χ0n) is 10.4. The summed E-state index contributed by atoms with van der Waals surface area (Å²) in [7, 11) is 1.24. The second kappa shape index (κ2) is 4.25. The monoisotopic (exact) mass is 247 g/mol. The number of rotatable bonds is 2. The SMILES string of the molecule is COC(=O)c1cccc2c1C(=O)N(C(C)C)C2=O. The van der Waals surface area contributed by atoms with Gasteiger partial charge in [0.05, 0.1) is 23.8 Å². The maximum absolute atomic E-state index is 12.2. The van der Waals surface area contributed by atoms with E-state index >= 15 is 0 Å². The first-order chi connectivity index (χ1) is 8.49. The molecular formula is C13H13NO4. The molecule has 94 valence electrons. The normalized spacial score (nSPS) is 14.1. The number of imide groups is 1. The van der Waals surface area contributed by atoms with Gasteiger partial charge in [0.15, 0.2) is 0 Å². The van der Waals surface area contributed by atoms with E-state index in [0.717, 1.165) is 4.90 Å². The van der Waals surface area contributed by atoms with Gasteiger partial charge in [-0.1, -0.05) is 6.07 Å². The summed E-state index contributed by atoms with van der Waals surface area (Å²) in [6, 6.07) is 4.35. The Morgan fingerprint density at radius 1 is 1.22 bits per heavy atom. The summed E-state index contributed by atoms with van der Waals surface area (Å²) in [5, 5.41) is 0. The average molecular weight is 247 g/mol. The van der Waals surface area contributed by atoms with Gasteiger partial charge in [-0.15, -0.1) is 0 Å². The van der Waals surface area contributed by atoms with Crippen LogP contribution in [0, 0.1) is 0 Å². The van der Waals surface area contributed by atoms with Crippen LogP contribution in [-0.2, 0) is 4.74 Å². The van der Waals surface area contributed by atoms with Crippen LogP contribution in [0.1, 0.15) is 44.9 Å². The molecule has 18 heavy (non-hydrogen) atoms. The molecule has 0 spiro atoms. The molecule has 0 fully saturated rings. The second-order valence-electron chi connectivity index (χ2n) is 4.29. The fraction of sp³-hybridized carbons (Fsp3) is 0.308. The van der Waals surface area contributed by atoms with Crippen molar-refractivity contribution >= 4 is 17.8 Å². The molecule has 1 aliphatic rings. The third-order valence-corrected chi connectivity index (χ3v) is 2.87. The van der Waals surface area contributed by atoms with Crippen molar-refractivity contribution < 1.29 is 19.1 Å². The summed E-state index contributed by atoms with van der Waals surface area (Å²) in [6.45, 7) is 3.50. The maximum atomic E-state index is 12.2. The van der Waals surface area contributed by atoms with Gasteiger partial charge < -0.3 is 4.74 Å². The fourth-order valence-electron chi connectivity index (χ4n) is 2.05. The highest BCUT2D eigenvalue weighted by atomic mass is 16.5. The summed E-state index contributed by atoms with van der Waals surface area (Å²) in [5.74, 6) is -1.42. The molecule has 0 aliphatic carbocycles. The van der Waals surface area contributed by atoms with Crippen LogP contribution in [0.2, 0.25) is 0 Å². The Kier molecular flexibility index (Phi) is 2.90. The molecule has 0 N–H and O–H groups in total. The van der Waals surface area contributed by atoms with E-state index in [0.29, 0.717) is 0 Å². The van der Waals surface area contributed by atoms with Crippen LogP contribution >= 0.6 is 0 Å². The number of hydrogen-bond acceptors (Lipinski definition) is 4. The molecule has 0 saturated carbocycles. The van der Waals surface area contributed by atoms with Gasteiger partial charge in [-0.2, -0.15) is 0 Å². The molecule has 1 aliphatic heterocycles. The van der Waals surface area contributed by atoms with Crippen molar-refractivity contribution in [2.75, 3.05) is 7.11 Å². The van der Waals surface area contributed by atoms with E-state index in [1.54, 1.807) is 26.0 Å². The van der Waals surface area contributed by atoms with Crippen molar-refractivity contribution in [2.24, 2.45) is 0 Å². The Morgan fingerprint density at radius 3 is 2.44 bits per heavy atom. The van der Waals surface area contributed by atoms with Crippen molar-refractivity contribution in [2.45, 2.75) is 19.9 Å². The van der Waals surface area contributed by atoms with Crippen molar-refractivity contribution in [1.82, 2.24) is 4.90 Å². The number of carbonyl (C=O) groups is 3. The number of fused-ring (bicyclic) bond motifs is 1. The van der Waals surface area contributed by atoms with Gasteiger partial charge in [-0.25, -0.2) is 4.79 Å². The minimum Gasteiger partial charge on any atom is -0.465 e. The lowest BCUT2D eigenvalue weighted by molar-refractivity contribution is 0.0572. The molecule has 0 atom stereocenters. The lowest BCUT2D eigenvalue weighted by atomic mass is 10.0. The minimum absolute atomic E-state index is 0.136. The quantitative estimate of drug-likeness (QED) is 0.586. The molecule has 2 rings (SSSR count). The molecule has 0 aromatic heterocycles. The van der Waals surface area contributed by atoms with Crippen LogP contribution in [-0.4, -0.2) is 35.8 Å². The molecule has 0 radical (unpaired) electrons. The molecule has 1 heterocycles. The Bertz CT molecular complexity index is 548. The van der Waals surface area contributed by atoms with E-state index in [-0.39, 0.29) is 28.6 Å². The molecule has 1 aromatic rings. The first-order valence-electron chi connectivity index (χ1n) is 5.58. The van der Waals surface area contributed by atoms with Gasteiger partial charge in [0, 0.05) is 6.04 Å². The Labute approximate surface area is 104 Å². The predicted octanol–water partition coefficient (Wildman–Crippen LogP) is 1.48. The number of hydrogen-bond donors (Lipinski definition) is 0. The smallest absolute Gasteiger partial charge is 0.338 e. The Balaban J connectivity index is 2.61. The van der Waals surface area contributed by atoms with E-state index in [9.17, 15) is 14.4 Å². The molecule has 5 heteroatoms. The minimum atomic E-state index is -0.612. The van der Waals surface area contributed by atoms with Gasteiger partial charge in [0.1, 0.15) is 0 Å². The molecule has 0 unspecified atom stereocenters. The van der Waals surface area contributed by atoms with Gasteiger partial charge in [-0.05, 0) is 26.0 Å². The maximum Gasteiger partial charge on any atom is 0.338 e. The van der Waals surface area contributed by atoms with Crippen LogP contribution < -0.4 is 0 Å². The molecule has 0 saturated heterocycles. The van der Waals surface area contributed by atoms with E-state index < -0.39 is 11.9 Å². The zero-order valence-corrected chi connectivity index (χ0v) is 10.4. The van der Waals surface area contributed by atoms with Gasteiger partial charge >= 0.3 is 5.97 Å². The van der Waals surface area contributed by atoms with Crippen LogP contribution in [0.3, 0.4) is 0 Å². The van der Waals surface area contributed by atoms with E-state index in [2.05, 4.69) is 4.74 Å². The van der Waals surface area contributed by atoms with E-state index in [1.165, 1.54) is 13.2 Å². The topological polar surface area (TPSA) is 63.7 Å². The van der Waals surface area contributed by atoms with Crippen LogP contribution in [0.4, 0.5) is 0 Å². The standard InChI is InChI=1S/C13H13NO4/c1-7(2)14-11(15)8-5-4-6-9(13(17)18-3)10(8)12(14)16/h4-7H,1-3H3. The fourth-order valence-corrected chi connectivity index (χ4v) is 2.05. The summed E-state index contributed by atoms with van der Waals surface area (Å²) >= 11 is 0. The lowest BCUT2D eigenvalue weighted by Gasteiger charge is -2.17. The van der Waals surface area contributed by atoms with Crippen molar-refractivity contribution in [3.05, 3.63) is 34.9 Å². The van der Waals surface area contributed by atoms with Crippen molar-refractivity contribution in [3.8, 4) is 0 Å². The van der Waals surface area contributed by atoms with Crippen molar-refractivity contribution in [1.29, 1.82) is 0 Å². The van der Waals surface area contributed by atoms with Gasteiger partial charge in [0.2, 0.25) is 0 Å². The van der Waals surface area contributed by atoms with Crippen LogP contribution in [0.25, 0.3) is 0 Å². The Morgan fingerprint density at radius 2 is 1.89 bits per heavy atom. The molecular weight excluding hydrogens is 234 g/mol. The highest BCUT2D eigenvalue weighted by molar-refractivity contribution is 6.24. The van der Waals surface area contributed by atoms with E-state index in [1.807, 2.05) is 0 Å². The number of nitrogens with zero attached hydrogens (tertiary/aromatic N) is 1. The zero-order chi connectivity index (χ0) is 13.4. The summed E-state index contributed by atoms with van der Waals surface area (Å²) < 4.78 is 4.62. The number of amides is 2. The summed E-state index contributed by atoms with van der Waals surface area (Å²) in [5.41, 5.74) is 0.538. The number of esters is 1. The summed E-state index contributed by atoms with van der Waals surface area (Å²) in [4.78, 5) is 37.0. The highest BCUT2D eigenvalue weighted by Crippen LogP contribution is 2.27. The first kappa shape index (κ1) is 12.3. The lowest BCUT2D eigenvalue weighted by Crippen LogP contribution is -2.36. The average Bonchev–Trinajstić information content (AvgIpc) is 2.61. The number of methoxy groups -OCH3 is 1. The molecule has 5 nitrogen and oxygen atoms in total. The predicted molar refractivity (Wildman–Crippen MR) is 63.4 cm³/mol. The largest absolute Gasteiger partial charge is 0.465 e. The Hall–Kier alpha value is -2.17. The number of carbonyl (C=O) groups excluding carboxylic acids is 3. The molecule has 2 amide bonds. The highest BCUT2D eigenvalue weighted by Gasteiger charge is 2.39. The molecule has 1 aromatic carbocycles. The number of ether oxygens (including phenoxy) is 1. The van der Waals surface area contributed by atoms with E-state index in [4.69, 9.17) is 0 Å². The number of benzene rings is 1.